The second-order valence-electron chi connectivity index (χ2n) is 4.69. The highest BCUT2D eigenvalue weighted by Gasteiger charge is 2.16. The fourth-order valence-electron chi connectivity index (χ4n) is 1.72. The van der Waals surface area contributed by atoms with Gasteiger partial charge in [0.15, 0.2) is 0 Å². The lowest BCUT2D eigenvalue weighted by Crippen LogP contribution is -2.38. The number of amides is 2. The zero-order valence-corrected chi connectivity index (χ0v) is 11.8. The van der Waals surface area contributed by atoms with Crippen molar-refractivity contribution in [2.45, 2.75) is 13.0 Å². The fourth-order valence-corrected chi connectivity index (χ4v) is 1.72. The van der Waals surface area contributed by atoms with E-state index in [4.69, 9.17) is 9.52 Å². The predicted molar refractivity (Wildman–Crippen MR) is 77.4 cm³/mol. The van der Waals surface area contributed by atoms with Crippen molar-refractivity contribution in [1.29, 1.82) is 0 Å². The Bertz CT molecular complexity index is 668. The van der Waals surface area contributed by atoms with E-state index in [2.05, 4.69) is 10.6 Å². The van der Waals surface area contributed by atoms with Crippen molar-refractivity contribution in [1.82, 2.24) is 5.32 Å². The second-order valence-corrected chi connectivity index (χ2v) is 4.69. The monoisotopic (exact) mass is 306 g/mol. The van der Waals surface area contributed by atoms with Gasteiger partial charge in [-0.05, 0) is 37.3 Å². The molecule has 2 aromatic rings. The molecule has 1 aromatic carbocycles. The molecule has 0 saturated carbocycles. The second kappa shape index (κ2) is 6.86. The molecule has 1 unspecified atom stereocenters. The minimum absolute atomic E-state index is 0.0683. The van der Waals surface area contributed by atoms with Gasteiger partial charge in [0.1, 0.15) is 11.6 Å². The van der Waals surface area contributed by atoms with E-state index in [-0.39, 0.29) is 12.2 Å². The first-order valence-corrected chi connectivity index (χ1v) is 6.58. The summed E-state index contributed by atoms with van der Waals surface area (Å²) in [6.07, 6.45) is 0.691. The standard InChI is InChI=1S/C15H15FN2O4/c1-9(19)8-17-14(20)15(21)18-12-7-10(4-5-11(12)16)13-3-2-6-22-13/h2-7,9,19H,8H2,1H3,(H,17,20)(H,18,21). The number of rotatable bonds is 4. The Kier molecular flexibility index (Phi) is 4.90. The van der Waals surface area contributed by atoms with E-state index in [0.717, 1.165) is 0 Å². The van der Waals surface area contributed by atoms with Gasteiger partial charge in [-0.15, -0.1) is 0 Å². The van der Waals surface area contributed by atoms with E-state index in [1.165, 1.54) is 31.4 Å². The lowest BCUT2D eigenvalue weighted by atomic mass is 10.1. The highest BCUT2D eigenvalue weighted by Crippen LogP contribution is 2.25. The highest BCUT2D eigenvalue weighted by molar-refractivity contribution is 6.39. The smallest absolute Gasteiger partial charge is 0.313 e. The van der Waals surface area contributed by atoms with Gasteiger partial charge in [-0.1, -0.05) is 0 Å². The first-order valence-electron chi connectivity index (χ1n) is 6.58. The molecule has 2 rings (SSSR count). The minimum atomic E-state index is -1.02. The van der Waals surface area contributed by atoms with E-state index in [1.54, 1.807) is 12.1 Å². The van der Waals surface area contributed by atoms with Crippen molar-refractivity contribution >= 4 is 17.5 Å². The molecule has 6 nitrogen and oxygen atoms in total. The van der Waals surface area contributed by atoms with Crippen molar-refractivity contribution in [2.75, 3.05) is 11.9 Å². The maximum absolute atomic E-state index is 13.7. The molecule has 2 amide bonds. The first kappa shape index (κ1) is 15.7. The maximum Gasteiger partial charge on any atom is 0.313 e. The number of benzene rings is 1. The molecule has 0 spiro atoms. The van der Waals surface area contributed by atoms with Crippen LogP contribution in [0, 0.1) is 5.82 Å². The Balaban J connectivity index is 2.10. The largest absolute Gasteiger partial charge is 0.464 e. The van der Waals surface area contributed by atoms with Gasteiger partial charge in [-0.25, -0.2) is 4.39 Å². The number of aliphatic hydroxyl groups is 1. The van der Waals surface area contributed by atoms with Gasteiger partial charge in [0.2, 0.25) is 0 Å². The summed E-state index contributed by atoms with van der Waals surface area (Å²) < 4.78 is 18.9. The Labute approximate surface area is 125 Å². The number of aliphatic hydroxyl groups excluding tert-OH is 1. The molecule has 22 heavy (non-hydrogen) atoms. The van der Waals surface area contributed by atoms with E-state index < -0.39 is 23.7 Å². The van der Waals surface area contributed by atoms with Crippen molar-refractivity contribution in [2.24, 2.45) is 0 Å². The Morgan fingerprint density at radius 2 is 2.09 bits per heavy atom. The molecule has 1 aromatic heterocycles. The topological polar surface area (TPSA) is 91.6 Å². The van der Waals surface area contributed by atoms with E-state index in [0.29, 0.717) is 11.3 Å². The van der Waals surface area contributed by atoms with Crippen LogP contribution in [0.5, 0.6) is 0 Å². The predicted octanol–water partition coefficient (Wildman–Crippen LogP) is 1.52. The molecule has 0 saturated heterocycles. The van der Waals surface area contributed by atoms with Crippen LogP contribution in [0.25, 0.3) is 11.3 Å². The number of anilines is 1. The number of nitrogens with one attached hydrogen (secondary N) is 2. The quantitative estimate of drug-likeness (QED) is 0.747. The normalized spacial score (nSPS) is 11.8. The average molecular weight is 306 g/mol. The molecule has 0 fully saturated rings. The summed E-state index contributed by atoms with van der Waals surface area (Å²) in [6, 6.07) is 7.40. The van der Waals surface area contributed by atoms with Crippen molar-refractivity contribution < 1.29 is 23.5 Å². The van der Waals surface area contributed by atoms with Crippen LogP contribution in [0.3, 0.4) is 0 Å². The van der Waals surface area contributed by atoms with E-state index >= 15 is 0 Å². The molecule has 7 heteroatoms. The van der Waals surface area contributed by atoms with Crippen LogP contribution in [0.15, 0.2) is 41.0 Å². The molecule has 1 heterocycles. The lowest BCUT2D eigenvalue weighted by Gasteiger charge is -2.09. The molecular weight excluding hydrogens is 291 g/mol. The number of halogens is 1. The van der Waals surface area contributed by atoms with E-state index in [9.17, 15) is 14.0 Å². The van der Waals surface area contributed by atoms with Crippen LogP contribution in [0.2, 0.25) is 0 Å². The Hall–Kier alpha value is -2.67. The average Bonchev–Trinajstić information content (AvgIpc) is 3.01. The fraction of sp³-hybridized carbons (Fsp3) is 0.200. The minimum Gasteiger partial charge on any atom is -0.464 e. The zero-order chi connectivity index (χ0) is 16.1. The van der Waals surface area contributed by atoms with Crippen molar-refractivity contribution in [3.63, 3.8) is 0 Å². The summed E-state index contributed by atoms with van der Waals surface area (Å²) in [7, 11) is 0. The summed E-state index contributed by atoms with van der Waals surface area (Å²) >= 11 is 0. The first-order chi connectivity index (χ1) is 10.5. The zero-order valence-electron chi connectivity index (χ0n) is 11.8. The van der Waals surface area contributed by atoms with Crippen LogP contribution in [-0.2, 0) is 9.59 Å². The third-order valence-electron chi connectivity index (χ3n) is 2.78. The number of carbonyl (C=O) groups is 2. The molecular formula is C15H15FN2O4. The van der Waals surface area contributed by atoms with Crippen LogP contribution < -0.4 is 10.6 Å². The van der Waals surface area contributed by atoms with Crippen LogP contribution in [0.4, 0.5) is 10.1 Å². The van der Waals surface area contributed by atoms with Crippen molar-refractivity contribution in [3.05, 3.63) is 42.4 Å². The SMILES string of the molecule is CC(O)CNC(=O)C(=O)Nc1cc(-c2ccco2)ccc1F. The number of hydrogen-bond acceptors (Lipinski definition) is 4. The van der Waals surface area contributed by atoms with Gasteiger partial charge in [-0.2, -0.15) is 0 Å². The van der Waals surface area contributed by atoms with Crippen molar-refractivity contribution in [3.8, 4) is 11.3 Å². The van der Waals surface area contributed by atoms with Gasteiger partial charge >= 0.3 is 11.8 Å². The van der Waals surface area contributed by atoms with Crippen LogP contribution in [-0.4, -0.2) is 29.6 Å². The molecule has 0 aliphatic rings. The summed E-state index contributed by atoms with van der Waals surface area (Å²) in [5.41, 5.74) is 0.428. The summed E-state index contributed by atoms with van der Waals surface area (Å²) in [4.78, 5) is 23.2. The van der Waals surface area contributed by atoms with Gasteiger partial charge < -0.3 is 20.2 Å². The third-order valence-corrected chi connectivity index (χ3v) is 2.78. The lowest BCUT2D eigenvalue weighted by molar-refractivity contribution is -0.136. The highest BCUT2D eigenvalue weighted by atomic mass is 19.1. The third kappa shape index (κ3) is 3.92. The molecule has 0 radical (unpaired) electrons. The molecule has 0 bridgehead atoms. The summed E-state index contributed by atoms with van der Waals surface area (Å²) in [6.45, 7) is 1.39. The molecule has 1 atom stereocenters. The number of carbonyl (C=O) groups excluding carboxylic acids is 2. The van der Waals surface area contributed by atoms with Crippen LogP contribution in [0.1, 0.15) is 6.92 Å². The number of furan rings is 1. The molecule has 0 aliphatic heterocycles. The Morgan fingerprint density at radius 1 is 1.32 bits per heavy atom. The summed E-state index contributed by atoms with van der Waals surface area (Å²) in [5, 5.41) is 13.5. The molecule has 0 aliphatic carbocycles. The van der Waals surface area contributed by atoms with Gasteiger partial charge in [0.25, 0.3) is 0 Å². The van der Waals surface area contributed by atoms with Gasteiger partial charge in [0.05, 0.1) is 18.1 Å². The molecule has 116 valence electrons. The maximum atomic E-state index is 13.7. The Morgan fingerprint density at radius 3 is 2.73 bits per heavy atom. The van der Waals surface area contributed by atoms with Gasteiger partial charge in [-0.3, -0.25) is 9.59 Å². The van der Waals surface area contributed by atoms with Crippen LogP contribution >= 0.6 is 0 Å². The molecule has 3 N–H and O–H groups in total. The van der Waals surface area contributed by atoms with Gasteiger partial charge in [0, 0.05) is 12.1 Å². The number of hydrogen-bond donors (Lipinski definition) is 3. The van der Waals surface area contributed by atoms with E-state index in [1.807, 2.05) is 0 Å². The summed E-state index contributed by atoms with van der Waals surface area (Å²) in [5.74, 6) is -2.14.